The van der Waals surface area contributed by atoms with Crippen LogP contribution in [0, 0.1) is 0 Å². The van der Waals surface area contributed by atoms with Gasteiger partial charge in [0.2, 0.25) is 11.7 Å². The van der Waals surface area contributed by atoms with Crippen molar-refractivity contribution in [3.63, 3.8) is 0 Å². The van der Waals surface area contributed by atoms with Crippen molar-refractivity contribution in [2.45, 2.75) is 26.2 Å². The van der Waals surface area contributed by atoms with Crippen LogP contribution in [0.2, 0.25) is 0 Å². The Morgan fingerprint density at radius 3 is 2.23 bits per heavy atom. The number of aromatic carboxylic acids is 1. The first-order valence-corrected chi connectivity index (χ1v) is 3.47. The van der Waals surface area contributed by atoms with Gasteiger partial charge in [-0.1, -0.05) is 25.9 Å². The number of carbonyl (C=O) groups excluding carboxylic acids is 1. The van der Waals surface area contributed by atoms with E-state index in [1.807, 2.05) is 20.8 Å². The van der Waals surface area contributed by atoms with Gasteiger partial charge in [0.1, 0.15) is 5.97 Å². The monoisotopic (exact) mass is 208 g/mol. The Morgan fingerprint density at radius 2 is 2.00 bits per heavy atom. The van der Waals surface area contributed by atoms with Gasteiger partial charge in [-0.05, 0) is 0 Å². The van der Waals surface area contributed by atoms with Gasteiger partial charge in [0.25, 0.3) is 0 Å². The van der Waals surface area contributed by atoms with Crippen LogP contribution >= 0.6 is 0 Å². The fourth-order valence-electron chi connectivity index (χ4n) is 0.611. The molecule has 0 unspecified atom stereocenters. The molecule has 0 saturated carbocycles. The van der Waals surface area contributed by atoms with Crippen molar-refractivity contribution < 1.29 is 65.8 Å². The Hall–Kier alpha value is 0.246. The maximum absolute atomic E-state index is 10.2. The van der Waals surface area contributed by atoms with E-state index in [1.54, 1.807) is 0 Å². The van der Waals surface area contributed by atoms with Gasteiger partial charge in [0, 0.05) is 5.41 Å². The average molecular weight is 208 g/mol. The van der Waals surface area contributed by atoms with Crippen LogP contribution < -0.4 is 56.5 Å². The minimum Gasteiger partial charge on any atom is -0.541 e. The van der Waals surface area contributed by atoms with Crippen molar-refractivity contribution in [2.75, 3.05) is 0 Å². The number of hydrogen-bond donors (Lipinski definition) is 0. The van der Waals surface area contributed by atoms with E-state index in [0.29, 0.717) is 5.89 Å². The van der Waals surface area contributed by atoms with Crippen LogP contribution in [0.3, 0.4) is 0 Å². The van der Waals surface area contributed by atoms with E-state index in [9.17, 15) is 9.90 Å². The second-order valence-corrected chi connectivity index (χ2v) is 3.46. The third-order valence-corrected chi connectivity index (χ3v) is 1.25. The molecular weight excluding hydrogens is 199 g/mol. The normalized spacial score (nSPS) is 10.7. The van der Waals surface area contributed by atoms with Gasteiger partial charge < -0.3 is 14.4 Å². The van der Waals surface area contributed by atoms with Gasteiger partial charge in [-0.15, -0.1) is 0 Å². The fourth-order valence-corrected chi connectivity index (χ4v) is 0.611. The Bertz CT molecular complexity index is 303. The minimum atomic E-state index is -1.42. The van der Waals surface area contributed by atoms with E-state index in [2.05, 4.69) is 10.1 Å². The predicted octanol–water partition coefficient (Wildman–Crippen LogP) is -3.27. The van der Waals surface area contributed by atoms with Crippen molar-refractivity contribution in [1.82, 2.24) is 10.1 Å². The van der Waals surface area contributed by atoms with Crippen molar-refractivity contribution in [3.05, 3.63) is 11.7 Å². The standard InChI is InChI=1S/C7H10N2O3.K/c1-7(2,3)6-8-4(5(10)11)9-12-6;/h1-3H3,(H,10,11);/q;+1/p-1. The van der Waals surface area contributed by atoms with Crippen LogP contribution in [0.4, 0.5) is 0 Å². The molecule has 0 aliphatic carbocycles. The predicted molar refractivity (Wildman–Crippen MR) is 37.3 cm³/mol. The first-order valence-electron chi connectivity index (χ1n) is 3.47. The third kappa shape index (κ3) is 3.47. The number of nitrogens with zero attached hydrogens (tertiary/aromatic N) is 2. The van der Waals surface area contributed by atoms with E-state index < -0.39 is 11.8 Å². The van der Waals surface area contributed by atoms with Gasteiger partial charge in [-0.25, -0.2) is 0 Å². The number of rotatable bonds is 1. The Labute approximate surface area is 118 Å². The summed E-state index contributed by atoms with van der Waals surface area (Å²) in [6, 6.07) is 0. The second kappa shape index (κ2) is 4.65. The maximum atomic E-state index is 10.2. The number of aromatic nitrogens is 2. The Morgan fingerprint density at radius 1 is 1.46 bits per heavy atom. The molecule has 1 aromatic heterocycles. The molecule has 13 heavy (non-hydrogen) atoms. The largest absolute Gasteiger partial charge is 1.00 e. The van der Waals surface area contributed by atoms with Crippen LogP contribution in [-0.4, -0.2) is 16.1 Å². The zero-order valence-electron chi connectivity index (χ0n) is 8.12. The van der Waals surface area contributed by atoms with Crippen LogP contribution in [0.5, 0.6) is 0 Å². The van der Waals surface area contributed by atoms with Crippen LogP contribution in [0.25, 0.3) is 0 Å². The molecule has 66 valence electrons. The van der Waals surface area contributed by atoms with Gasteiger partial charge in [0.15, 0.2) is 0 Å². The number of carboxylic acids is 1. The first kappa shape index (κ1) is 13.2. The molecule has 0 radical (unpaired) electrons. The SMILES string of the molecule is CC(C)(C)c1nc(C(=O)[O-])no1.[K+]. The second-order valence-electron chi connectivity index (χ2n) is 3.46. The molecule has 6 heteroatoms. The topological polar surface area (TPSA) is 79.0 Å². The molecule has 1 rings (SSSR count). The molecule has 0 aromatic carbocycles. The summed E-state index contributed by atoms with van der Waals surface area (Å²) in [7, 11) is 0. The summed E-state index contributed by atoms with van der Waals surface area (Å²) in [4.78, 5) is 13.9. The molecule has 0 aliphatic heterocycles. The number of carbonyl (C=O) groups is 1. The molecule has 0 saturated heterocycles. The molecule has 0 aliphatic rings. The van der Waals surface area contributed by atoms with Crippen LogP contribution in [-0.2, 0) is 5.41 Å². The van der Waals surface area contributed by atoms with E-state index in [-0.39, 0.29) is 56.8 Å². The molecule has 0 bridgehead atoms. The maximum Gasteiger partial charge on any atom is 1.00 e. The molecule has 0 N–H and O–H groups in total. The summed E-state index contributed by atoms with van der Waals surface area (Å²) in [6.07, 6.45) is 0. The summed E-state index contributed by atoms with van der Waals surface area (Å²) in [5.74, 6) is -1.53. The average Bonchev–Trinajstić information content (AvgIpc) is 2.30. The van der Waals surface area contributed by atoms with Crippen molar-refractivity contribution in [1.29, 1.82) is 0 Å². The van der Waals surface area contributed by atoms with Gasteiger partial charge in [-0.2, -0.15) is 4.98 Å². The van der Waals surface area contributed by atoms with E-state index in [0.717, 1.165) is 0 Å². The summed E-state index contributed by atoms with van der Waals surface area (Å²) in [5, 5.41) is 13.5. The molecular formula is C7H9KN2O3. The molecule has 1 heterocycles. The zero-order chi connectivity index (χ0) is 9.35. The molecule has 0 fully saturated rings. The third-order valence-electron chi connectivity index (χ3n) is 1.25. The molecule has 0 amide bonds. The van der Waals surface area contributed by atoms with Crippen LogP contribution in [0.15, 0.2) is 4.52 Å². The quantitative estimate of drug-likeness (QED) is 0.453. The zero-order valence-corrected chi connectivity index (χ0v) is 11.2. The van der Waals surface area contributed by atoms with Crippen molar-refractivity contribution in [2.24, 2.45) is 0 Å². The summed E-state index contributed by atoms with van der Waals surface area (Å²) in [6.45, 7) is 5.54. The fraction of sp³-hybridized carbons (Fsp3) is 0.571. The smallest absolute Gasteiger partial charge is 0.541 e. The van der Waals surface area contributed by atoms with Gasteiger partial charge >= 0.3 is 51.4 Å². The summed E-state index contributed by atoms with van der Waals surface area (Å²) in [5.41, 5.74) is -0.333. The van der Waals surface area contributed by atoms with Crippen molar-refractivity contribution in [3.8, 4) is 0 Å². The van der Waals surface area contributed by atoms with E-state index >= 15 is 0 Å². The van der Waals surface area contributed by atoms with E-state index in [4.69, 9.17) is 4.52 Å². The summed E-state index contributed by atoms with van der Waals surface area (Å²) < 4.78 is 4.71. The van der Waals surface area contributed by atoms with Gasteiger partial charge in [-0.3, -0.25) is 0 Å². The number of hydrogen-bond acceptors (Lipinski definition) is 5. The molecule has 0 atom stereocenters. The van der Waals surface area contributed by atoms with Crippen LogP contribution in [0.1, 0.15) is 37.3 Å². The summed E-state index contributed by atoms with van der Waals surface area (Å²) >= 11 is 0. The molecule has 5 nitrogen and oxygen atoms in total. The molecule has 1 aromatic rings. The molecule has 0 spiro atoms. The van der Waals surface area contributed by atoms with Crippen molar-refractivity contribution >= 4 is 5.97 Å². The van der Waals surface area contributed by atoms with E-state index in [1.165, 1.54) is 0 Å². The van der Waals surface area contributed by atoms with Gasteiger partial charge in [0.05, 0.1) is 0 Å². The Balaban J connectivity index is 0.00000144. The Kier molecular flexibility index (Phi) is 4.74. The number of carboxylic acid groups (broad SMARTS) is 1. The minimum absolute atomic E-state index is 0. The first-order chi connectivity index (χ1) is 5.41.